The number of nitrogens with one attached hydrogen (secondary N) is 1. The molecule has 0 aliphatic carbocycles. The highest BCUT2D eigenvalue weighted by Crippen LogP contribution is 2.20. The maximum atomic E-state index is 12.1. The van der Waals surface area contributed by atoms with E-state index in [2.05, 4.69) is 15.3 Å². The lowest BCUT2D eigenvalue weighted by atomic mass is 10.2. The second-order valence-corrected chi connectivity index (χ2v) is 4.57. The molecule has 0 aromatic carbocycles. The summed E-state index contributed by atoms with van der Waals surface area (Å²) in [4.78, 5) is 20.4. The molecule has 0 aliphatic rings. The average Bonchev–Trinajstić information content (AvgIpc) is 2.34. The number of aliphatic hydroxyl groups is 2. The number of hydrogen-bond acceptors (Lipinski definition) is 6. The van der Waals surface area contributed by atoms with Gasteiger partial charge in [-0.15, -0.1) is 11.8 Å². The standard InChI is InChI=1S/C11H17N3O3S/c1-6-9(10(17)14-8(4-15)5-16)11(18-3)13-7(2)12-6/h8,15-16H,4-5H2,1-3H3,(H,14,17). The smallest absolute Gasteiger partial charge is 0.256 e. The summed E-state index contributed by atoms with van der Waals surface area (Å²) in [6.07, 6.45) is 1.83. The van der Waals surface area contributed by atoms with Crippen molar-refractivity contribution in [3.63, 3.8) is 0 Å². The van der Waals surface area contributed by atoms with Gasteiger partial charge in [0, 0.05) is 0 Å². The first-order valence-electron chi connectivity index (χ1n) is 5.45. The van der Waals surface area contributed by atoms with E-state index in [-0.39, 0.29) is 19.1 Å². The number of aliphatic hydroxyl groups excluding tert-OH is 2. The Kier molecular flexibility index (Phi) is 5.52. The van der Waals surface area contributed by atoms with Gasteiger partial charge in [0.05, 0.1) is 30.5 Å². The van der Waals surface area contributed by atoms with Crippen LogP contribution in [0.25, 0.3) is 0 Å². The lowest BCUT2D eigenvalue weighted by Gasteiger charge is -2.15. The van der Waals surface area contributed by atoms with Gasteiger partial charge >= 0.3 is 0 Å². The van der Waals surface area contributed by atoms with Crippen LogP contribution >= 0.6 is 11.8 Å². The van der Waals surface area contributed by atoms with Crippen molar-refractivity contribution in [2.75, 3.05) is 19.5 Å². The molecule has 18 heavy (non-hydrogen) atoms. The van der Waals surface area contributed by atoms with Crippen molar-refractivity contribution in [1.29, 1.82) is 0 Å². The Hall–Kier alpha value is -1.18. The summed E-state index contributed by atoms with van der Waals surface area (Å²) < 4.78 is 0. The van der Waals surface area contributed by atoms with E-state index in [9.17, 15) is 4.79 Å². The molecule has 3 N–H and O–H groups in total. The minimum absolute atomic E-state index is 0.317. The second-order valence-electron chi connectivity index (χ2n) is 3.78. The van der Waals surface area contributed by atoms with Crippen molar-refractivity contribution in [3.8, 4) is 0 Å². The summed E-state index contributed by atoms with van der Waals surface area (Å²) in [5.41, 5.74) is 0.971. The number of carbonyl (C=O) groups is 1. The summed E-state index contributed by atoms with van der Waals surface area (Å²) >= 11 is 1.36. The largest absolute Gasteiger partial charge is 0.394 e. The lowest BCUT2D eigenvalue weighted by molar-refractivity contribution is 0.0874. The predicted molar refractivity (Wildman–Crippen MR) is 68.7 cm³/mol. The van der Waals surface area contributed by atoms with Crippen LogP contribution in [0.3, 0.4) is 0 Å². The third kappa shape index (κ3) is 3.41. The number of amides is 1. The summed E-state index contributed by atoms with van der Waals surface area (Å²) in [7, 11) is 0. The van der Waals surface area contributed by atoms with E-state index in [1.165, 1.54) is 11.8 Å². The van der Waals surface area contributed by atoms with Crippen molar-refractivity contribution in [2.24, 2.45) is 0 Å². The van der Waals surface area contributed by atoms with Crippen LogP contribution < -0.4 is 5.32 Å². The number of rotatable bonds is 5. The third-order valence-corrected chi connectivity index (χ3v) is 3.05. The molecule has 0 spiro atoms. The normalized spacial score (nSPS) is 10.8. The van der Waals surface area contributed by atoms with Crippen LogP contribution in [0.5, 0.6) is 0 Å². The quantitative estimate of drug-likeness (QED) is 0.511. The van der Waals surface area contributed by atoms with Gasteiger partial charge in [0.2, 0.25) is 0 Å². The molecule has 0 radical (unpaired) electrons. The van der Waals surface area contributed by atoms with Crippen LogP contribution in [-0.2, 0) is 0 Å². The molecule has 1 rings (SSSR count). The SMILES string of the molecule is CSc1nc(C)nc(C)c1C(=O)NC(CO)CO. The maximum absolute atomic E-state index is 12.1. The van der Waals surface area contributed by atoms with Crippen molar-refractivity contribution in [1.82, 2.24) is 15.3 Å². The molecule has 0 saturated carbocycles. The molecule has 7 heteroatoms. The molecule has 1 heterocycles. The highest BCUT2D eigenvalue weighted by atomic mass is 32.2. The van der Waals surface area contributed by atoms with Gasteiger partial charge in [0.25, 0.3) is 5.91 Å². The van der Waals surface area contributed by atoms with Crippen molar-refractivity contribution >= 4 is 17.7 Å². The van der Waals surface area contributed by atoms with E-state index < -0.39 is 6.04 Å². The summed E-state index contributed by atoms with van der Waals surface area (Å²) in [5.74, 6) is 0.221. The first-order chi connectivity index (χ1) is 8.53. The van der Waals surface area contributed by atoms with E-state index in [0.717, 1.165) is 0 Å². The number of carbonyl (C=O) groups excluding carboxylic acids is 1. The fraction of sp³-hybridized carbons (Fsp3) is 0.545. The fourth-order valence-electron chi connectivity index (χ4n) is 1.50. The first kappa shape index (κ1) is 14.9. The minimum atomic E-state index is -0.673. The van der Waals surface area contributed by atoms with Crippen LogP contribution in [0.15, 0.2) is 5.03 Å². The Labute approximate surface area is 110 Å². The Balaban J connectivity index is 3.05. The number of aromatic nitrogens is 2. The number of hydrogen-bond donors (Lipinski definition) is 3. The van der Waals surface area contributed by atoms with E-state index >= 15 is 0 Å². The summed E-state index contributed by atoms with van der Waals surface area (Å²) in [5, 5.41) is 21.0. The summed E-state index contributed by atoms with van der Waals surface area (Å²) in [6, 6.07) is -0.673. The van der Waals surface area contributed by atoms with Crippen LogP contribution in [0.1, 0.15) is 21.9 Å². The first-order valence-corrected chi connectivity index (χ1v) is 6.67. The van der Waals surface area contributed by atoms with Gasteiger partial charge in [-0.2, -0.15) is 0 Å². The van der Waals surface area contributed by atoms with Gasteiger partial charge in [-0.1, -0.05) is 0 Å². The molecule has 0 unspecified atom stereocenters. The van der Waals surface area contributed by atoms with Gasteiger partial charge in [-0.3, -0.25) is 4.79 Å². The van der Waals surface area contributed by atoms with Crippen molar-refractivity contribution in [3.05, 3.63) is 17.1 Å². The predicted octanol–water partition coefficient (Wildman–Crippen LogP) is -0.102. The lowest BCUT2D eigenvalue weighted by Crippen LogP contribution is -2.40. The highest BCUT2D eigenvalue weighted by Gasteiger charge is 2.19. The van der Waals surface area contributed by atoms with Crippen LogP contribution in [0, 0.1) is 13.8 Å². The topological polar surface area (TPSA) is 95.3 Å². The highest BCUT2D eigenvalue weighted by molar-refractivity contribution is 7.98. The molecular weight excluding hydrogens is 254 g/mol. The third-order valence-electron chi connectivity index (χ3n) is 2.36. The van der Waals surface area contributed by atoms with E-state index in [0.29, 0.717) is 22.1 Å². The van der Waals surface area contributed by atoms with Gasteiger partial charge < -0.3 is 15.5 Å². The molecule has 0 fully saturated rings. The van der Waals surface area contributed by atoms with Gasteiger partial charge in [0.15, 0.2) is 0 Å². The minimum Gasteiger partial charge on any atom is -0.394 e. The molecule has 1 amide bonds. The van der Waals surface area contributed by atoms with Gasteiger partial charge in [-0.05, 0) is 20.1 Å². The molecule has 0 saturated heterocycles. The van der Waals surface area contributed by atoms with Crippen molar-refractivity contribution in [2.45, 2.75) is 24.9 Å². The van der Waals surface area contributed by atoms with E-state index in [1.807, 2.05) is 6.26 Å². The molecule has 0 aliphatic heterocycles. The van der Waals surface area contributed by atoms with E-state index in [1.54, 1.807) is 13.8 Å². The van der Waals surface area contributed by atoms with Crippen molar-refractivity contribution < 1.29 is 15.0 Å². The number of nitrogens with zero attached hydrogens (tertiary/aromatic N) is 2. The molecule has 1 aromatic rings. The van der Waals surface area contributed by atoms with Crippen LogP contribution in [-0.4, -0.2) is 51.6 Å². The molecule has 0 bridgehead atoms. The maximum Gasteiger partial charge on any atom is 0.256 e. The van der Waals surface area contributed by atoms with Crippen LogP contribution in [0.2, 0.25) is 0 Å². The second kappa shape index (κ2) is 6.67. The Bertz CT molecular complexity index is 436. The monoisotopic (exact) mass is 271 g/mol. The Morgan fingerprint density at radius 3 is 2.44 bits per heavy atom. The Morgan fingerprint density at radius 1 is 1.33 bits per heavy atom. The zero-order valence-electron chi connectivity index (χ0n) is 10.6. The number of thioether (sulfide) groups is 1. The number of aryl methyl sites for hydroxylation is 2. The molecule has 1 aromatic heterocycles. The van der Waals surface area contributed by atoms with Gasteiger partial charge in [0.1, 0.15) is 10.9 Å². The fourth-order valence-corrected chi connectivity index (χ4v) is 2.16. The summed E-state index contributed by atoms with van der Waals surface area (Å²) in [6.45, 7) is 2.86. The van der Waals surface area contributed by atoms with Crippen LogP contribution in [0.4, 0.5) is 0 Å². The average molecular weight is 271 g/mol. The zero-order valence-corrected chi connectivity index (χ0v) is 11.4. The molecule has 0 atom stereocenters. The molecule has 6 nitrogen and oxygen atoms in total. The van der Waals surface area contributed by atoms with E-state index in [4.69, 9.17) is 10.2 Å². The zero-order chi connectivity index (χ0) is 13.7. The molecular formula is C11H17N3O3S. The Morgan fingerprint density at radius 2 is 1.94 bits per heavy atom. The molecule has 100 valence electrons. The van der Waals surface area contributed by atoms with Gasteiger partial charge in [-0.25, -0.2) is 9.97 Å².